The Hall–Kier alpha value is -2.64. The van der Waals surface area contributed by atoms with Crippen LogP contribution in [0, 0.1) is 0 Å². The summed E-state index contributed by atoms with van der Waals surface area (Å²) in [7, 11) is 2.39. The molecule has 0 aliphatic heterocycles. The number of carboxylic acid groups (broad SMARTS) is 1. The fourth-order valence-electron chi connectivity index (χ4n) is 1.91. The van der Waals surface area contributed by atoms with Crippen LogP contribution in [0.3, 0.4) is 0 Å². The van der Waals surface area contributed by atoms with Gasteiger partial charge in [0.05, 0.1) is 26.3 Å². The van der Waals surface area contributed by atoms with Crippen LogP contribution in [0.15, 0.2) is 0 Å². The molecule has 1 heterocycles. The standard InChI is InChI=1S/C13H15NO7/c1-20-10(16)4-3-7-8(5-11(17)21-2)9(6-15)14-12(7)13(18)19/h6,14H,3-5H2,1-2H3,(H,18,19). The first-order valence-electron chi connectivity index (χ1n) is 6.00. The number of carbonyl (C=O) groups is 4. The lowest BCUT2D eigenvalue weighted by Gasteiger charge is -2.05. The van der Waals surface area contributed by atoms with Gasteiger partial charge in [-0.25, -0.2) is 4.79 Å². The Bertz CT molecular complexity index is 573. The van der Waals surface area contributed by atoms with Gasteiger partial charge in [0.15, 0.2) is 6.29 Å². The predicted molar refractivity (Wildman–Crippen MR) is 69.2 cm³/mol. The van der Waals surface area contributed by atoms with Crippen molar-refractivity contribution in [3.63, 3.8) is 0 Å². The molecule has 1 rings (SSSR count). The number of rotatable bonds is 7. The smallest absolute Gasteiger partial charge is 0.352 e. The van der Waals surface area contributed by atoms with E-state index in [9.17, 15) is 19.2 Å². The van der Waals surface area contributed by atoms with Crippen molar-refractivity contribution in [1.29, 1.82) is 0 Å². The van der Waals surface area contributed by atoms with E-state index in [4.69, 9.17) is 5.11 Å². The zero-order valence-corrected chi connectivity index (χ0v) is 11.6. The van der Waals surface area contributed by atoms with Crippen LogP contribution < -0.4 is 0 Å². The van der Waals surface area contributed by atoms with Gasteiger partial charge < -0.3 is 19.6 Å². The Morgan fingerprint density at radius 3 is 2.24 bits per heavy atom. The third-order valence-electron chi connectivity index (χ3n) is 2.94. The first-order valence-corrected chi connectivity index (χ1v) is 6.00. The highest BCUT2D eigenvalue weighted by Gasteiger charge is 2.23. The molecule has 0 saturated carbocycles. The Morgan fingerprint density at radius 1 is 1.14 bits per heavy atom. The molecule has 0 aliphatic carbocycles. The van der Waals surface area contributed by atoms with Gasteiger partial charge in [0.25, 0.3) is 0 Å². The van der Waals surface area contributed by atoms with Crippen LogP contribution in [0.2, 0.25) is 0 Å². The van der Waals surface area contributed by atoms with Crippen molar-refractivity contribution in [2.45, 2.75) is 19.3 Å². The fourth-order valence-corrected chi connectivity index (χ4v) is 1.91. The average molecular weight is 297 g/mol. The molecule has 0 bridgehead atoms. The van der Waals surface area contributed by atoms with E-state index >= 15 is 0 Å². The number of hydrogen-bond acceptors (Lipinski definition) is 6. The monoisotopic (exact) mass is 297 g/mol. The lowest BCUT2D eigenvalue weighted by Crippen LogP contribution is -2.10. The SMILES string of the molecule is COC(=O)CCc1c(C(=O)O)[nH]c(C=O)c1CC(=O)OC. The highest BCUT2D eigenvalue weighted by atomic mass is 16.5. The number of esters is 2. The Labute approximate surface area is 120 Å². The number of nitrogens with one attached hydrogen (secondary N) is 1. The summed E-state index contributed by atoms with van der Waals surface area (Å²) in [6, 6.07) is 0. The molecule has 114 valence electrons. The summed E-state index contributed by atoms with van der Waals surface area (Å²) in [5.74, 6) is -2.42. The van der Waals surface area contributed by atoms with E-state index in [1.54, 1.807) is 0 Å². The molecule has 0 atom stereocenters. The second-order valence-corrected chi connectivity index (χ2v) is 4.12. The molecule has 0 fully saturated rings. The van der Waals surface area contributed by atoms with Crippen LogP contribution in [-0.2, 0) is 31.9 Å². The maximum Gasteiger partial charge on any atom is 0.352 e. The first-order chi connectivity index (χ1) is 9.94. The number of aromatic nitrogens is 1. The van der Waals surface area contributed by atoms with Gasteiger partial charge in [-0.2, -0.15) is 0 Å². The number of methoxy groups -OCH3 is 2. The van der Waals surface area contributed by atoms with Gasteiger partial charge in [-0.3, -0.25) is 14.4 Å². The Balaban J connectivity index is 3.22. The molecule has 8 nitrogen and oxygen atoms in total. The topological polar surface area (TPSA) is 123 Å². The van der Waals surface area contributed by atoms with E-state index < -0.39 is 17.9 Å². The summed E-state index contributed by atoms with van der Waals surface area (Å²) in [4.78, 5) is 47.2. The van der Waals surface area contributed by atoms with E-state index in [1.807, 2.05) is 0 Å². The summed E-state index contributed by atoms with van der Waals surface area (Å²) in [6.45, 7) is 0. The molecule has 0 radical (unpaired) electrons. The van der Waals surface area contributed by atoms with Crippen molar-refractivity contribution < 1.29 is 33.8 Å². The molecular weight excluding hydrogens is 282 g/mol. The number of carboxylic acids is 1. The molecule has 1 aromatic rings. The van der Waals surface area contributed by atoms with Gasteiger partial charge in [-0.1, -0.05) is 0 Å². The number of aromatic carboxylic acids is 1. The summed E-state index contributed by atoms with van der Waals surface area (Å²) >= 11 is 0. The zero-order valence-electron chi connectivity index (χ0n) is 11.6. The second kappa shape index (κ2) is 7.22. The lowest BCUT2D eigenvalue weighted by molar-refractivity contribution is -0.140. The maximum absolute atomic E-state index is 11.4. The van der Waals surface area contributed by atoms with Gasteiger partial charge in [0, 0.05) is 6.42 Å². The third-order valence-corrected chi connectivity index (χ3v) is 2.94. The minimum atomic E-state index is -1.28. The number of aromatic amines is 1. The highest BCUT2D eigenvalue weighted by molar-refractivity contribution is 5.92. The number of H-pyrrole nitrogens is 1. The molecule has 0 amide bonds. The van der Waals surface area contributed by atoms with Crippen molar-refractivity contribution in [3.8, 4) is 0 Å². The summed E-state index contributed by atoms with van der Waals surface area (Å²) in [5.41, 5.74) is 0.205. The Kier molecular flexibility index (Phi) is 5.65. The van der Waals surface area contributed by atoms with Crippen LogP contribution in [0.25, 0.3) is 0 Å². The van der Waals surface area contributed by atoms with E-state index in [-0.39, 0.29) is 41.8 Å². The normalized spacial score (nSPS) is 10.0. The van der Waals surface area contributed by atoms with E-state index in [0.29, 0.717) is 6.29 Å². The quantitative estimate of drug-likeness (QED) is 0.549. The van der Waals surface area contributed by atoms with Crippen molar-refractivity contribution in [1.82, 2.24) is 4.98 Å². The molecular formula is C13H15NO7. The highest BCUT2D eigenvalue weighted by Crippen LogP contribution is 2.21. The van der Waals surface area contributed by atoms with Crippen LogP contribution in [0.5, 0.6) is 0 Å². The minimum absolute atomic E-state index is 0.0161. The molecule has 8 heteroatoms. The fraction of sp³-hybridized carbons (Fsp3) is 0.385. The van der Waals surface area contributed by atoms with Crippen molar-refractivity contribution >= 4 is 24.2 Å². The molecule has 1 aromatic heterocycles. The molecule has 0 aromatic carbocycles. The number of hydrogen-bond donors (Lipinski definition) is 2. The van der Waals surface area contributed by atoms with Crippen molar-refractivity contribution in [2.75, 3.05) is 14.2 Å². The molecule has 0 aliphatic rings. The van der Waals surface area contributed by atoms with E-state index in [1.165, 1.54) is 14.2 Å². The van der Waals surface area contributed by atoms with Crippen molar-refractivity contribution in [2.24, 2.45) is 0 Å². The summed E-state index contributed by atoms with van der Waals surface area (Å²) < 4.78 is 9.01. The van der Waals surface area contributed by atoms with Gasteiger partial charge in [0.2, 0.25) is 0 Å². The summed E-state index contributed by atoms with van der Waals surface area (Å²) in [6.07, 6.45) is 0.128. The van der Waals surface area contributed by atoms with Crippen LogP contribution in [0.4, 0.5) is 0 Å². The van der Waals surface area contributed by atoms with Crippen LogP contribution in [0.1, 0.15) is 38.5 Å². The average Bonchev–Trinajstić information content (AvgIpc) is 2.82. The molecule has 0 unspecified atom stereocenters. The Morgan fingerprint density at radius 2 is 1.76 bits per heavy atom. The van der Waals surface area contributed by atoms with E-state index in [0.717, 1.165) is 0 Å². The maximum atomic E-state index is 11.4. The predicted octanol–water partition coefficient (Wildman–Crippen LogP) is 0.346. The number of ether oxygens (including phenoxy) is 2. The van der Waals surface area contributed by atoms with Gasteiger partial charge in [0.1, 0.15) is 5.69 Å². The van der Waals surface area contributed by atoms with Crippen LogP contribution >= 0.6 is 0 Å². The van der Waals surface area contributed by atoms with Gasteiger partial charge in [-0.05, 0) is 17.5 Å². The minimum Gasteiger partial charge on any atom is -0.477 e. The van der Waals surface area contributed by atoms with E-state index in [2.05, 4.69) is 14.5 Å². The zero-order chi connectivity index (χ0) is 16.0. The van der Waals surface area contributed by atoms with Crippen molar-refractivity contribution in [3.05, 3.63) is 22.5 Å². The molecule has 0 saturated heterocycles. The van der Waals surface area contributed by atoms with Gasteiger partial charge in [-0.15, -0.1) is 0 Å². The third kappa shape index (κ3) is 3.91. The second-order valence-electron chi connectivity index (χ2n) is 4.12. The molecule has 21 heavy (non-hydrogen) atoms. The first kappa shape index (κ1) is 16.4. The van der Waals surface area contributed by atoms with Gasteiger partial charge >= 0.3 is 17.9 Å². The molecule has 2 N–H and O–H groups in total. The number of aldehydes is 1. The largest absolute Gasteiger partial charge is 0.477 e. The number of carbonyl (C=O) groups excluding carboxylic acids is 3. The van der Waals surface area contributed by atoms with Crippen LogP contribution in [-0.4, -0.2) is 48.5 Å². The lowest BCUT2D eigenvalue weighted by atomic mass is 10.0. The molecule has 0 spiro atoms. The summed E-state index contributed by atoms with van der Waals surface area (Å²) in [5, 5.41) is 9.13.